The van der Waals surface area contributed by atoms with Gasteiger partial charge in [-0.15, -0.1) is 0 Å². The van der Waals surface area contributed by atoms with Crippen LogP contribution in [0.1, 0.15) is 29.9 Å². The number of rotatable bonds is 1. The molecule has 0 saturated heterocycles. The number of fused-ring (bicyclic) bond motifs is 1. The predicted octanol–water partition coefficient (Wildman–Crippen LogP) is 3.08. The lowest BCUT2D eigenvalue weighted by Crippen LogP contribution is -2.13. The van der Waals surface area contributed by atoms with Gasteiger partial charge in [0, 0.05) is 12.2 Å². The van der Waals surface area contributed by atoms with Crippen LogP contribution in [0.25, 0.3) is 0 Å². The molecule has 1 aromatic carbocycles. The van der Waals surface area contributed by atoms with E-state index in [9.17, 15) is 18.0 Å². The van der Waals surface area contributed by atoms with E-state index in [1.807, 2.05) is 0 Å². The van der Waals surface area contributed by atoms with Crippen LogP contribution in [-0.4, -0.2) is 17.6 Å². The van der Waals surface area contributed by atoms with Crippen LogP contribution in [0.5, 0.6) is 0 Å². The van der Waals surface area contributed by atoms with Crippen molar-refractivity contribution >= 4 is 11.7 Å². The van der Waals surface area contributed by atoms with E-state index in [1.165, 1.54) is 6.07 Å². The highest BCUT2D eigenvalue weighted by Gasteiger charge is 2.33. The lowest BCUT2D eigenvalue weighted by atomic mass is 9.93. The standard InChI is InChI=1S/C12H12F3NO2/c13-12(14,15)7-3-4-10-9(6-7)8(11(17)18)2-1-5-16-10/h3-4,6,8,16H,1-2,5H2,(H,17,18). The first-order chi connectivity index (χ1) is 8.39. The Balaban J connectivity index is 2.50. The van der Waals surface area contributed by atoms with Crippen LogP contribution >= 0.6 is 0 Å². The van der Waals surface area contributed by atoms with E-state index in [0.717, 1.165) is 12.1 Å². The zero-order chi connectivity index (χ0) is 13.3. The maximum absolute atomic E-state index is 12.6. The molecule has 2 N–H and O–H groups in total. The summed E-state index contributed by atoms with van der Waals surface area (Å²) < 4.78 is 37.9. The van der Waals surface area contributed by atoms with Crippen LogP contribution in [0.2, 0.25) is 0 Å². The summed E-state index contributed by atoms with van der Waals surface area (Å²) in [7, 11) is 0. The van der Waals surface area contributed by atoms with E-state index >= 15 is 0 Å². The maximum Gasteiger partial charge on any atom is 0.416 e. The third-order valence-electron chi connectivity index (χ3n) is 3.04. The number of alkyl halides is 3. The number of benzene rings is 1. The number of nitrogens with one attached hydrogen (secondary N) is 1. The van der Waals surface area contributed by atoms with Crippen molar-refractivity contribution in [1.82, 2.24) is 0 Å². The average molecular weight is 259 g/mol. The summed E-state index contributed by atoms with van der Waals surface area (Å²) in [6.07, 6.45) is -3.49. The Bertz CT molecular complexity index is 471. The Morgan fingerprint density at radius 1 is 1.39 bits per heavy atom. The fourth-order valence-corrected chi connectivity index (χ4v) is 2.13. The monoisotopic (exact) mass is 259 g/mol. The number of hydrogen-bond acceptors (Lipinski definition) is 2. The maximum atomic E-state index is 12.6. The van der Waals surface area contributed by atoms with E-state index < -0.39 is 23.6 Å². The Kier molecular flexibility index (Phi) is 3.19. The van der Waals surface area contributed by atoms with Crippen LogP contribution in [0, 0.1) is 0 Å². The van der Waals surface area contributed by atoms with Crippen molar-refractivity contribution in [3.63, 3.8) is 0 Å². The van der Waals surface area contributed by atoms with Crippen molar-refractivity contribution in [2.45, 2.75) is 24.9 Å². The summed E-state index contributed by atoms with van der Waals surface area (Å²) in [5.41, 5.74) is -0.112. The summed E-state index contributed by atoms with van der Waals surface area (Å²) in [6, 6.07) is 3.21. The first kappa shape index (κ1) is 12.7. The summed E-state index contributed by atoms with van der Waals surface area (Å²) in [5, 5.41) is 12.1. The van der Waals surface area contributed by atoms with Gasteiger partial charge in [0.1, 0.15) is 0 Å². The highest BCUT2D eigenvalue weighted by molar-refractivity contribution is 5.79. The quantitative estimate of drug-likeness (QED) is 0.814. The molecule has 1 unspecified atom stereocenters. The van der Waals surface area contributed by atoms with Gasteiger partial charge in [-0.05, 0) is 36.6 Å². The lowest BCUT2D eigenvalue weighted by Gasteiger charge is -2.16. The van der Waals surface area contributed by atoms with Crippen LogP contribution in [-0.2, 0) is 11.0 Å². The van der Waals surface area contributed by atoms with Crippen molar-refractivity contribution in [3.8, 4) is 0 Å². The second-order valence-electron chi connectivity index (χ2n) is 4.26. The number of hydrogen-bond donors (Lipinski definition) is 2. The highest BCUT2D eigenvalue weighted by Crippen LogP contribution is 2.37. The molecule has 0 aliphatic carbocycles. The number of aliphatic carboxylic acids is 1. The van der Waals surface area contributed by atoms with Gasteiger partial charge < -0.3 is 10.4 Å². The van der Waals surface area contributed by atoms with Gasteiger partial charge in [0.15, 0.2) is 0 Å². The smallest absolute Gasteiger partial charge is 0.416 e. The summed E-state index contributed by atoms with van der Waals surface area (Å²) >= 11 is 0. The molecular formula is C12H12F3NO2. The second-order valence-corrected chi connectivity index (χ2v) is 4.26. The van der Waals surface area contributed by atoms with Crippen molar-refractivity contribution in [1.29, 1.82) is 0 Å². The molecule has 1 atom stereocenters. The second kappa shape index (κ2) is 4.51. The molecule has 0 amide bonds. The number of carbonyl (C=O) groups is 1. The Labute approximate surface area is 102 Å². The van der Waals surface area contributed by atoms with E-state index in [4.69, 9.17) is 5.11 Å². The third-order valence-corrected chi connectivity index (χ3v) is 3.04. The number of halogens is 3. The molecule has 1 aromatic rings. The molecule has 1 aliphatic rings. The fourth-order valence-electron chi connectivity index (χ4n) is 2.13. The molecule has 98 valence electrons. The first-order valence-electron chi connectivity index (χ1n) is 5.57. The van der Waals surface area contributed by atoms with Gasteiger partial charge >= 0.3 is 12.1 Å². The van der Waals surface area contributed by atoms with Crippen molar-refractivity contribution < 1.29 is 23.1 Å². The van der Waals surface area contributed by atoms with Crippen LogP contribution in [0.15, 0.2) is 18.2 Å². The van der Waals surface area contributed by atoms with Gasteiger partial charge in [0.25, 0.3) is 0 Å². The number of carboxylic acid groups (broad SMARTS) is 1. The molecule has 1 heterocycles. The molecule has 1 aliphatic heterocycles. The van der Waals surface area contributed by atoms with E-state index in [2.05, 4.69) is 5.32 Å². The van der Waals surface area contributed by atoms with Gasteiger partial charge in [0.2, 0.25) is 0 Å². The SMILES string of the molecule is O=C(O)C1CCCNc2ccc(C(F)(F)F)cc21. The van der Waals surface area contributed by atoms with Crippen molar-refractivity contribution in [3.05, 3.63) is 29.3 Å². The minimum absolute atomic E-state index is 0.217. The average Bonchev–Trinajstić information content (AvgIpc) is 2.48. The largest absolute Gasteiger partial charge is 0.481 e. The highest BCUT2D eigenvalue weighted by atomic mass is 19.4. The zero-order valence-corrected chi connectivity index (χ0v) is 9.42. The molecule has 2 rings (SSSR count). The molecule has 0 bridgehead atoms. The Morgan fingerprint density at radius 2 is 2.11 bits per heavy atom. The van der Waals surface area contributed by atoms with Crippen molar-refractivity contribution in [2.75, 3.05) is 11.9 Å². The van der Waals surface area contributed by atoms with Gasteiger partial charge in [-0.3, -0.25) is 4.79 Å². The number of carboxylic acids is 1. The molecule has 3 nitrogen and oxygen atoms in total. The Morgan fingerprint density at radius 3 is 2.72 bits per heavy atom. The van der Waals surface area contributed by atoms with Gasteiger partial charge in [-0.1, -0.05) is 0 Å². The molecule has 18 heavy (non-hydrogen) atoms. The molecule has 0 radical (unpaired) electrons. The minimum Gasteiger partial charge on any atom is -0.481 e. The van der Waals surface area contributed by atoms with Gasteiger partial charge in [0.05, 0.1) is 11.5 Å². The molecular weight excluding hydrogens is 247 g/mol. The van der Waals surface area contributed by atoms with Crippen LogP contribution in [0.3, 0.4) is 0 Å². The molecule has 0 aromatic heterocycles. The zero-order valence-electron chi connectivity index (χ0n) is 9.42. The number of anilines is 1. The summed E-state index contributed by atoms with van der Waals surface area (Å²) in [5.74, 6) is -1.96. The predicted molar refractivity (Wildman–Crippen MR) is 59.5 cm³/mol. The van der Waals surface area contributed by atoms with E-state index in [-0.39, 0.29) is 5.56 Å². The van der Waals surface area contributed by atoms with Crippen LogP contribution in [0.4, 0.5) is 18.9 Å². The minimum atomic E-state index is -4.45. The van der Waals surface area contributed by atoms with Gasteiger partial charge in [-0.2, -0.15) is 13.2 Å². The van der Waals surface area contributed by atoms with Crippen molar-refractivity contribution in [2.24, 2.45) is 0 Å². The van der Waals surface area contributed by atoms with E-state index in [1.54, 1.807) is 0 Å². The molecule has 0 fully saturated rings. The first-order valence-corrected chi connectivity index (χ1v) is 5.57. The van der Waals surface area contributed by atoms with Gasteiger partial charge in [-0.25, -0.2) is 0 Å². The third kappa shape index (κ3) is 2.42. The molecule has 0 saturated carbocycles. The lowest BCUT2D eigenvalue weighted by molar-refractivity contribution is -0.140. The normalized spacial score (nSPS) is 19.6. The summed E-state index contributed by atoms with van der Waals surface area (Å²) in [6.45, 7) is 0.572. The van der Waals surface area contributed by atoms with Crippen LogP contribution < -0.4 is 5.32 Å². The Hall–Kier alpha value is -1.72. The van der Waals surface area contributed by atoms with E-state index in [0.29, 0.717) is 25.1 Å². The molecule has 0 spiro atoms. The molecule has 6 heteroatoms. The summed E-state index contributed by atoms with van der Waals surface area (Å²) in [4.78, 5) is 11.1. The topological polar surface area (TPSA) is 49.3 Å². The fraction of sp³-hybridized carbons (Fsp3) is 0.417.